The summed E-state index contributed by atoms with van der Waals surface area (Å²) in [6.07, 6.45) is 0. The lowest BCUT2D eigenvalue weighted by Crippen LogP contribution is -2.32. The fraction of sp³-hybridized carbons (Fsp3) is 0.375. The first-order chi connectivity index (χ1) is 19.9. The molecule has 42 heavy (non-hydrogen) atoms. The number of hydrogen-bond donors (Lipinski definition) is 1. The van der Waals surface area contributed by atoms with E-state index in [2.05, 4.69) is 31.5 Å². The molecule has 0 spiro atoms. The Labute approximate surface area is 252 Å². The Kier molecular flexibility index (Phi) is 13.0. The van der Waals surface area contributed by atoms with E-state index in [0.29, 0.717) is 5.69 Å². The van der Waals surface area contributed by atoms with Crippen LogP contribution in [0.4, 0.5) is 34.1 Å². The SMILES string of the molecule is CCOc1cc(N=Nc2c(Br)cc([N+](=O)[O-])cc2[N+](=O)[O-])c(NC(C)=O)cc1N(CCOC(C)=O)CCOC(=O)CCl. The van der Waals surface area contributed by atoms with E-state index < -0.39 is 39.1 Å². The van der Waals surface area contributed by atoms with Gasteiger partial charge in [0.25, 0.3) is 5.69 Å². The van der Waals surface area contributed by atoms with Crippen molar-refractivity contribution in [2.45, 2.75) is 20.8 Å². The number of amides is 1. The van der Waals surface area contributed by atoms with Crippen molar-refractivity contribution in [3.63, 3.8) is 0 Å². The molecule has 0 bridgehead atoms. The Morgan fingerprint density at radius 3 is 2.24 bits per heavy atom. The number of rotatable bonds is 15. The lowest BCUT2D eigenvalue weighted by Gasteiger charge is -2.27. The van der Waals surface area contributed by atoms with Gasteiger partial charge in [-0.25, -0.2) is 0 Å². The number of nitrogens with zero attached hydrogens (tertiary/aromatic N) is 5. The summed E-state index contributed by atoms with van der Waals surface area (Å²) in [6, 6.07) is 4.71. The summed E-state index contributed by atoms with van der Waals surface area (Å²) in [6.45, 7) is 4.56. The van der Waals surface area contributed by atoms with Crippen LogP contribution < -0.4 is 15.0 Å². The monoisotopic (exact) mass is 672 g/mol. The Bertz CT molecular complexity index is 1390. The van der Waals surface area contributed by atoms with Crippen LogP contribution in [0.15, 0.2) is 39.0 Å². The van der Waals surface area contributed by atoms with E-state index >= 15 is 0 Å². The molecular weight excluding hydrogens is 648 g/mol. The second-order valence-electron chi connectivity index (χ2n) is 8.14. The highest BCUT2D eigenvalue weighted by Crippen LogP contribution is 2.43. The van der Waals surface area contributed by atoms with Crippen LogP contribution in [0.1, 0.15) is 20.8 Å². The van der Waals surface area contributed by atoms with Crippen LogP contribution in [-0.4, -0.2) is 66.5 Å². The number of nitro groups is 2. The molecule has 18 heteroatoms. The van der Waals surface area contributed by atoms with Gasteiger partial charge in [0.1, 0.15) is 30.5 Å². The number of ether oxygens (including phenoxy) is 3. The Morgan fingerprint density at radius 1 is 1.02 bits per heavy atom. The summed E-state index contributed by atoms with van der Waals surface area (Å²) in [7, 11) is 0. The molecule has 0 atom stereocenters. The van der Waals surface area contributed by atoms with E-state index in [1.165, 1.54) is 26.0 Å². The predicted octanol–water partition coefficient (Wildman–Crippen LogP) is 5.19. The largest absolute Gasteiger partial charge is 0.492 e. The van der Waals surface area contributed by atoms with Gasteiger partial charge < -0.3 is 24.4 Å². The maximum absolute atomic E-state index is 12.0. The van der Waals surface area contributed by atoms with Crippen molar-refractivity contribution in [2.75, 3.05) is 49.0 Å². The summed E-state index contributed by atoms with van der Waals surface area (Å²) in [5.74, 6) is -1.72. The van der Waals surface area contributed by atoms with Gasteiger partial charge in [-0.1, -0.05) is 0 Å². The van der Waals surface area contributed by atoms with Crippen LogP contribution in [0, 0.1) is 20.2 Å². The smallest absolute Gasteiger partial charge is 0.320 e. The second-order valence-corrected chi connectivity index (χ2v) is 9.26. The van der Waals surface area contributed by atoms with Gasteiger partial charge in [-0.15, -0.1) is 21.8 Å². The first-order valence-corrected chi connectivity index (χ1v) is 13.4. The van der Waals surface area contributed by atoms with Crippen molar-refractivity contribution in [2.24, 2.45) is 10.2 Å². The first kappa shape index (κ1) is 33.8. The zero-order chi connectivity index (χ0) is 31.4. The number of esters is 2. The fourth-order valence-corrected chi connectivity index (χ4v) is 4.02. The van der Waals surface area contributed by atoms with Crippen molar-refractivity contribution in [3.8, 4) is 5.75 Å². The van der Waals surface area contributed by atoms with Crippen molar-refractivity contribution >= 4 is 79.5 Å². The summed E-state index contributed by atoms with van der Waals surface area (Å²) in [4.78, 5) is 57.7. The highest BCUT2D eigenvalue weighted by molar-refractivity contribution is 9.10. The van der Waals surface area contributed by atoms with Crippen molar-refractivity contribution in [1.29, 1.82) is 0 Å². The minimum Gasteiger partial charge on any atom is -0.492 e. The maximum Gasteiger partial charge on any atom is 0.320 e. The summed E-state index contributed by atoms with van der Waals surface area (Å²) in [5, 5.41) is 33.4. The quantitative estimate of drug-likeness (QED) is 0.0856. The molecule has 2 rings (SSSR count). The lowest BCUT2D eigenvalue weighted by atomic mass is 10.2. The molecule has 0 aliphatic heterocycles. The molecule has 1 amide bonds. The van der Waals surface area contributed by atoms with Gasteiger partial charge in [0.05, 0.1) is 51.5 Å². The highest BCUT2D eigenvalue weighted by atomic mass is 79.9. The van der Waals surface area contributed by atoms with Crippen LogP contribution in [0.3, 0.4) is 0 Å². The molecule has 0 aliphatic carbocycles. The topological polar surface area (TPSA) is 205 Å². The molecule has 2 aromatic rings. The fourth-order valence-electron chi connectivity index (χ4n) is 3.43. The van der Waals surface area contributed by atoms with Gasteiger partial charge in [0.15, 0.2) is 5.69 Å². The molecule has 2 aromatic carbocycles. The maximum atomic E-state index is 12.0. The molecule has 0 radical (unpaired) electrons. The van der Waals surface area contributed by atoms with Crippen molar-refractivity contribution < 1.29 is 38.4 Å². The third-order valence-corrected chi connectivity index (χ3v) is 5.94. The molecule has 0 unspecified atom stereocenters. The average Bonchev–Trinajstić information content (AvgIpc) is 2.91. The van der Waals surface area contributed by atoms with Gasteiger partial charge in [0.2, 0.25) is 5.91 Å². The molecule has 16 nitrogen and oxygen atoms in total. The number of azo groups is 1. The van der Waals surface area contributed by atoms with Gasteiger partial charge in [-0.05, 0) is 28.9 Å². The summed E-state index contributed by atoms with van der Waals surface area (Å²) < 4.78 is 15.9. The number of nitro benzene ring substituents is 2. The number of alkyl halides is 1. The van der Waals surface area contributed by atoms with Crippen LogP contribution in [0.25, 0.3) is 0 Å². The van der Waals surface area contributed by atoms with Crippen LogP contribution in [-0.2, 0) is 23.9 Å². The van der Waals surface area contributed by atoms with Crippen LogP contribution in [0.2, 0.25) is 0 Å². The zero-order valence-electron chi connectivity index (χ0n) is 22.6. The van der Waals surface area contributed by atoms with E-state index in [-0.39, 0.29) is 66.1 Å². The van der Waals surface area contributed by atoms with E-state index in [9.17, 15) is 34.6 Å². The molecule has 0 saturated heterocycles. The standard InChI is InChI=1S/C24H26BrClN6O10/c1-4-40-22-12-19(28-29-24-17(25)9-16(31(36)37)10-21(24)32(38)39)18(27-14(2)33)11-20(22)30(5-7-41-15(3)34)6-8-42-23(35)13-26/h9-12H,4-8,13H2,1-3H3,(H,27,33). The van der Waals surface area contributed by atoms with Crippen molar-refractivity contribution in [1.82, 2.24) is 0 Å². The molecule has 0 heterocycles. The van der Waals surface area contributed by atoms with E-state index in [1.807, 2.05) is 0 Å². The predicted molar refractivity (Wildman–Crippen MR) is 154 cm³/mol. The molecule has 0 aromatic heterocycles. The minimum atomic E-state index is -0.840. The first-order valence-electron chi connectivity index (χ1n) is 12.1. The number of hydrogen-bond acceptors (Lipinski definition) is 13. The number of anilines is 2. The number of halogens is 2. The van der Waals surface area contributed by atoms with Gasteiger partial charge in [-0.3, -0.25) is 34.6 Å². The Morgan fingerprint density at radius 2 is 1.69 bits per heavy atom. The number of benzene rings is 2. The Balaban J connectivity index is 2.64. The number of nitrogens with one attached hydrogen (secondary N) is 1. The minimum absolute atomic E-state index is 0.0287. The second kappa shape index (κ2) is 16.2. The molecule has 0 saturated carbocycles. The van der Waals surface area contributed by atoms with Gasteiger partial charge >= 0.3 is 17.6 Å². The van der Waals surface area contributed by atoms with Crippen LogP contribution >= 0.6 is 27.5 Å². The molecule has 0 fully saturated rings. The number of non-ortho nitro benzene ring substituents is 1. The lowest BCUT2D eigenvalue weighted by molar-refractivity contribution is -0.393. The van der Waals surface area contributed by atoms with Gasteiger partial charge in [0, 0.05) is 26.0 Å². The third kappa shape index (κ3) is 9.91. The van der Waals surface area contributed by atoms with Crippen LogP contribution in [0.5, 0.6) is 5.75 Å². The van der Waals surface area contributed by atoms with E-state index in [0.717, 1.165) is 12.1 Å². The van der Waals surface area contributed by atoms with Gasteiger partial charge in [-0.2, -0.15) is 0 Å². The van der Waals surface area contributed by atoms with Crippen molar-refractivity contribution in [3.05, 3.63) is 49.0 Å². The molecule has 1 N–H and O–H groups in total. The van der Waals surface area contributed by atoms with E-state index in [4.69, 9.17) is 25.8 Å². The summed E-state index contributed by atoms with van der Waals surface area (Å²) in [5.41, 5.74) is -0.946. The average molecular weight is 674 g/mol. The molecule has 0 aliphatic rings. The highest BCUT2D eigenvalue weighted by Gasteiger charge is 2.24. The number of carbonyl (C=O) groups excluding carboxylic acids is 3. The normalized spacial score (nSPS) is 10.7. The molecule has 226 valence electrons. The third-order valence-electron chi connectivity index (χ3n) is 5.12. The summed E-state index contributed by atoms with van der Waals surface area (Å²) >= 11 is 8.56. The van der Waals surface area contributed by atoms with E-state index in [1.54, 1.807) is 11.8 Å². The number of carbonyl (C=O) groups is 3. The Hall–Kier alpha value is -4.38. The molecular formula is C24H26BrClN6O10. The zero-order valence-corrected chi connectivity index (χ0v) is 25.0.